The van der Waals surface area contributed by atoms with E-state index < -0.39 is 10.0 Å². The number of halogens is 1. The molecule has 0 saturated carbocycles. The molecule has 1 aromatic rings. The molecule has 8 heteroatoms. The van der Waals surface area contributed by atoms with Crippen LogP contribution in [0, 0.1) is 0 Å². The summed E-state index contributed by atoms with van der Waals surface area (Å²) in [6.07, 6.45) is 0. The van der Waals surface area contributed by atoms with Crippen LogP contribution in [0.4, 0.5) is 5.69 Å². The summed E-state index contributed by atoms with van der Waals surface area (Å²) in [7, 11) is -3.55. The molecule has 0 bridgehead atoms. The minimum atomic E-state index is -3.55. The largest absolute Gasteiger partial charge is 0.399 e. The molecule has 1 heterocycles. The second-order valence-corrected chi connectivity index (χ2v) is 7.13. The Hall–Kier alpha value is -0.670. The average Bonchev–Trinajstić information content (AvgIpc) is 2.42. The van der Waals surface area contributed by atoms with Crippen molar-refractivity contribution in [2.45, 2.75) is 4.90 Å². The SMILES string of the molecule is Nc1ccc(Br)c(S(=O)(=O)NCCN2CCOCC2)c1. The molecule has 1 saturated heterocycles. The van der Waals surface area contributed by atoms with Gasteiger partial charge in [0.1, 0.15) is 0 Å². The van der Waals surface area contributed by atoms with Crippen LogP contribution < -0.4 is 10.5 Å². The molecule has 6 nitrogen and oxygen atoms in total. The van der Waals surface area contributed by atoms with Crippen LogP contribution in [0.1, 0.15) is 0 Å². The van der Waals surface area contributed by atoms with E-state index >= 15 is 0 Å². The normalized spacial score (nSPS) is 17.2. The van der Waals surface area contributed by atoms with Crippen molar-refractivity contribution >= 4 is 31.6 Å². The zero-order valence-electron chi connectivity index (χ0n) is 11.0. The molecule has 0 unspecified atom stereocenters. The smallest absolute Gasteiger partial charge is 0.241 e. The lowest BCUT2D eigenvalue weighted by molar-refractivity contribution is 0.0390. The average molecular weight is 364 g/mol. The first-order valence-electron chi connectivity index (χ1n) is 6.34. The summed E-state index contributed by atoms with van der Waals surface area (Å²) < 4.78 is 32.8. The first kappa shape index (κ1) is 15.7. The number of hydrogen-bond acceptors (Lipinski definition) is 5. The first-order chi connectivity index (χ1) is 9.49. The number of sulfonamides is 1. The number of benzene rings is 1. The third kappa shape index (κ3) is 4.16. The van der Waals surface area contributed by atoms with Crippen LogP contribution in [-0.4, -0.2) is 52.7 Å². The molecule has 0 radical (unpaired) electrons. The van der Waals surface area contributed by atoms with Crippen molar-refractivity contribution in [1.82, 2.24) is 9.62 Å². The van der Waals surface area contributed by atoms with Crippen LogP contribution in [0.25, 0.3) is 0 Å². The molecular weight excluding hydrogens is 346 g/mol. The van der Waals surface area contributed by atoms with Crippen molar-refractivity contribution in [3.8, 4) is 0 Å². The molecule has 2 rings (SSSR count). The summed E-state index contributed by atoms with van der Waals surface area (Å²) in [5.74, 6) is 0. The van der Waals surface area contributed by atoms with Gasteiger partial charge in [0.15, 0.2) is 0 Å². The molecule has 0 atom stereocenters. The van der Waals surface area contributed by atoms with Crippen LogP contribution in [0.3, 0.4) is 0 Å². The number of nitrogens with one attached hydrogen (secondary N) is 1. The van der Waals surface area contributed by atoms with Crippen LogP contribution >= 0.6 is 15.9 Å². The number of morpholine rings is 1. The Balaban J connectivity index is 1.95. The predicted octanol–water partition coefficient (Wildman–Crippen LogP) is 0.642. The van der Waals surface area contributed by atoms with E-state index in [-0.39, 0.29) is 4.90 Å². The second-order valence-electron chi connectivity index (χ2n) is 4.54. The Morgan fingerprint density at radius 1 is 1.35 bits per heavy atom. The number of nitrogen functional groups attached to an aromatic ring is 1. The topological polar surface area (TPSA) is 84.7 Å². The number of anilines is 1. The predicted molar refractivity (Wildman–Crippen MR) is 81.0 cm³/mol. The van der Waals surface area contributed by atoms with Crippen LogP contribution in [0.15, 0.2) is 27.6 Å². The Kier molecular flexibility index (Phi) is 5.39. The highest BCUT2D eigenvalue weighted by atomic mass is 79.9. The molecule has 1 aromatic carbocycles. The van der Waals surface area contributed by atoms with E-state index in [4.69, 9.17) is 10.5 Å². The van der Waals surface area contributed by atoms with Crippen molar-refractivity contribution < 1.29 is 13.2 Å². The number of rotatable bonds is 5. The van der Waals surface area contributed by atoms with Crippen molar-refractivity contribution in [1.29, 1.82) is 0 Å². The number of ether oxygens (including phenoxy) is 1. The summed E-state index contributed by atoms with van der Waals surface area (Å²) in [5.41, 5.74) is 6.05. The van der Waals surface area contributed by atoms with Gasteiger partial charge >= 0.3 is 0 Å². The summed E-state index contributed by atoms with van der Waals surface area (Å²) in [5, 5.41) is 0. The third-order valence-electron chi connectivity index (χ3n) is 3.07. The van der Waals surface area contributed by atoms with Gasteiger partial charge in [-0.05, 0) is 34.1 Å². The van der Waals surface area contributed by atoms with Gasteiger partial charge in [0.05, 0.1) is 18.1 Å². The molecule has 112 valence electrons. The number of nitrogens with two attached hydrogens (primary N) is 1. The summed E-state index contributed by atoms with van der Waals surface area (Å²) in [4.78, 5) is 2.33. The molecule has 3 N–H and O–H groups in total. The fraction of sp³-hybridized carbons (Fsp3) is 0.500. The van der Waals surface area contributed by atoms with E-state index in [1.54, 1.807) is 12.1 Å². The molecule has 1 fully saturated rings. The van der Waals surface area contributed by atoms with Gasteiger partial charge < -0.3 is 10.5 Å². The maximum atomic E-state index is 12.2. The van der Waals surface area contributed by atoms with E-state index in [1.165, 1.54) is 6.07 Å². The van der Waals surface area contributed by atoms with E-state index in [1.807, 2.05) is 0 Å². The van der Waals surface area contributed by atoms with E-state index in [9.17, 15) is 8.42 Å². The summed E-state index contributed by atoms with van der Waals surface area (Å²) in [6.45, 7) is 4.11. The number of hydrogen-bond donors (Lipinski definition) is 2. The molecule has 1 aliphatic heterocycles. The van der Waals surface area contributed by atoms with Crippen molar-refractivity contribution in [2.75, 3.05) is 45.1 Å². The van der Waals surface area contributed by atoms with Crippen LogP contribution in [-0.2, 0) is 14.8 Å². The van der Waals surface area contributed by atoms with Crippen molar-refractivity contribution in [3.05, 3.63) is 22.7 Å². The number of nitrogens with zero attached hydrogens (tertiary/aromatic N) is 1. The zero-order valence-corrected chi connectivity index (χ0v) is 13.4. The minimum absolute atomic E-state index is 0.166. The third-order valence-corrected chi connectivity index (χ3v) is 5.52. The Morgan fingerprint density at radius 3 is 2.75 bits per heavy atom. The van der Waals surface area contributed by atoms with E-state index in [2.05, 4.69) is 25.6 Å². The highest BCUT2D eigenvalue weighted by Gasteiger charge is 2.18. The summed E-state index contributed by atoms with van der Waals surface area (Å²) in [6, 6.07) is 4.73. The Bertz CT molecular complexity index is 559. The maximum Gasteiger partial charge on any atom is 0.241 e. The molecule has 20 heavy (non-hydrogen) atoms. The fourth-order valence-electron chi connectivity index (χ4n) is 1.97. The molecule has 0 aromatic heterocycles. The van der Waals surface area contributed by atoms with Gasteiger partial charge in [0.25, 0.3) is 0 Å². The highest BCUT2D eigenvalue weighted by molar-refractivity contribution is 9.10. The molecule has 0 aliphatic carbocycles. The van der Waals surface area contributed by atoms with E-state index in [0.717, 1.165) is 13.1 Å². The fourth-order valence-corrected chi connectivity index (χ4v) is 3.98. The van der Waals surface area contributed by atoms with Gasteiger partial charge in [-0.2, -0.15) is 0 Å². The van der Waals surface area contributed by atoms with Crippen LogP contribution in [0.5, 0.6) is 0 Å². The van der Waals surface area contributed by atoms with Crippen molar-refractivity contribution in [3.63, 3.8) is 0 Å². The quantitative estimate of drug-likeness (QED) is 0.750. The van der Waals surface area contributed by atoms with Gasteiger partial charge in [0.2, 0.25) is 10.0 Å². The lowest BCUT2D eigenvalue weighted by Gasteiger charge is -2.26. The van der Waals surface area contributed by atoms with Gasteiger partial charge in [-0.15, -0.1) is 0 Å². The van der Waals surface area contributed by atoms with Crippen LogP contribution in [0.2, 0.25) is 0 Å². The molecule has 0 amide bonds. The maximum absolute atomic E-state index is 12.2. The summed E-state index contributed by atoms with van der Waals surface area (Å²) >= 11 is 3.23. The second kappa shape index (κ2) is 6.86. The Labute approximate surface area is 127 Å². The van der Waals surface area contributed by atoms with Gasteiger partial charge in [0, 0.05) is 36.3 Å². The van der Waals surface area contributed by atoms with Gasteiger partial charge in [-0.3, -0.25) is 4.90 Å². The van der Waals surface area contributed by atoms with E-state index in [0.29, 0.717) is 36.5 Å². The van der Waals surface area contributed by atoms with Gasteiger partial charge in [-0.25, -0.2) is 13.1 Å². The first-order valence-corrected chi connectivity index (χ1v) is 8.61. The monoisotopic (exact) mass is 363 g/mol. The standard InChI is InChI=1S/C12H18BrN3O3S/c13-11-2-1-10(14)9-12(11)20(17,18)15-3-4-16-5-7-19-8-6-16/h1-2,9,15H,3-8,14H2. The van der Waals surface area contributed by atoms with Crippen molar-refractivity contribution in [2.24, 2.45) is 0 Å². The minimum Gasteiger partial charge on any atom is -0.399 e. The lowest BCUT2D eigenvalue weighted by Crippen LogP contribution is -2.41. The Morgan fingerprint density at radius 2 is 2.05 bits per heavy atom. The lowest BCUT2D eigenvalue weighted by atomic mass is 10.3. The molecular formula is C12H18BrN3O3S. The highest BCUT2D eigenvalue weighted by Crippen LogP contribution is 2.23. The molecule has 0 spiro atoms. The zero-order chi connectivity index (χ0) is 14.6. The van der Waals surface area contributed by atoms with Gasteiger partial charge in [-0.1, -0.05) is 0 Å². The molecule has 1 aliphatic rings.